The van der Waals surface area contributed by atoms with Crippen molar-refractivity contribution in [1.82, 2.24) is 14.9 Å². The van der Waals surface area contributed by atoms with Gasteiger partial charge in [-0.05, 0) is 19.0 Å². The zero-order chi connectivity index (χ0) is 18.4. The van der Waals surface area contributed by atoms with Crippen molar-refractivity contribution >= 4 is 21.6 Å². The predicted molar refractivity (Wildman–Crippen MR) is 91.5 cm³/mol. The highest BCUT2D eigenvalue weighted by Gasteiger charge is 2.24. The van der Waals surface area contributed by atoms with Crippen LogP contribution in [0.5, 0.6) is 0 Å². The van der Waals surface area contributed by atoms with Crippen LogP contribution in [0.3, 0.4) is 0 Å². The molecule has 1 heterocycles. The summed E-state index contributed by atoms with van der Waals surface area (Å²) in [4.78, 5) is 21.9. The highest BCUT2D eigenvalue weighted by atomic mass is 32.2. The molecule has 9 nitrogen and oxygen atoms in total. The van der Waals surface area contributed by atoms with E-state index in [9.17, 15) is 23.3 Å². The molecule has 0 unspecified atom stereocenters. The SMILES string of the molecule is CN(CC(=O)NCC1=CCNCC1)S(=O)(=O)c1cccc([N+](=O)[O-])c1. The van der Waals surface area contributed by atoms with Crippen LogP contribution in [0, 0.1) is 10.1 Å². The van der Waals surface area contributed by atoms with E-state index >= 15 is 0 Å². The molecule has 1 aliphatic heterocycles. The number of amides is 1. The number of nitrogens with one attached hydrogen (secondary N) is 2. The van der Waals surface area contributed by atoms with E-state index in [2.05, 4.69) is 10.6 Å². The van der Waals surface area contributed by atoms with Crippen molar-refractivity contribution in [2.24, 2.45) is 0 Å². The van der Waals surface area contributed by atoms with E-state index in [1.165, 1.54) is 25.2 Å². The van der Waals surface area contributed by atoms with Crippen LogP contribution in [0.25, 0.3) is 0 Å². The molecule has 0 aliphatic carbocycles. The molecule has 0 saturated carbocycles. The number of carbonyl (C=O) groups excluding carboxylic acids is 1. The fourth-order valence-corrected chi connectivity index (χ4v) is 3.49. The summed E-state index contributed by atoms with van der Waals surface area (Å²) in [7, 11) is -2.73. The first-order valence-electron chi connectivity index (χ1n) is 7.67. The molecule has 2 rings (SSSR count). The molecule has 10 heteroatoms. The Hall–Kier alpha value is -2.30. The van der Waals surface area contributed by atoms with Gasteiger partial charge < -0.3 is 10.6 Å². The zero-order valence-electron chi connectivity index (χ0n) is 13.8. The van der Waals surface area contributed by atoms with Gasteiger partial charge in [-0.15, -0.1) is 0 Å². The molecule has 0 spiro atoms. The number of likely N-dealkylation sites (N-methyl/N-ethyl adjacent to an activating group) is 1. The van der Waals surface area contributed by atoms with Crippen LogP contribution in [0.4, 0.5) is 5.69 Å². The maximum Gasteiger partial charge on any atom is 0.270 e. The number of rotatable bonds is 7. The van der Waals surface area contributed by atoms with Gasteiger partial charge >= 0.3 is 0 Å². The van der Waals surface area contributed by atoms with E-state index in [0.29, 0.717) is 6.54 Å². The third-order valence-corrected chi connectivity index (χ3v) is 5.57. The Kier molecular flexibility index (Phi) is 6.23. The summed E-state index contributed by atoms with van der Waals surface area (Å²) in [6.07, 6.45) is 2.83. The minimum atomic E-state index is -3.99. The molecule has 1 aliphatic rings. The van der Waals surface area contributed by atoms with Crippen LogP contribution >= 0.6 is 0 Å². The number of nitrogens with zero attached hydrogens (tertiary/aromatic N) is 2. The summed E-state index contributed by atoms with van der Waals surface area (Å²) >= 11 is 0. The van der Waals surface area contributed by atoms with Gasteiger partial charge in [0.1, 0.15) is 0 Å². The Bertz CT molecular complexity index is 791. The number of sulfonamides is 1. The normalized spacial score (nSPS) is 14.9. The van der Waals surface area contributed by atoms with Crippen molar-refractivity contribution < 1.29 is 18.1 Å². The molecular formula is C15H20N4O5S. The fourth-order valence-electron chi connectivity index (χ4n) is 2.32. The van der Waals surface area contributed by atoms with Gasteiger partial charge in [-0.25, -0.2) is 8.42 Å². The number of hydrogen-bond donors (Lipinski definition) is 2. The van der Waals surface area contributed by atoms with Gasteiger partial charge in [-0.1, -0.05) is 17.7 Å². The maximum atomic E-state index is 12.5. The molecular weight excluding hydrogens is 348 g/mol. The van der Waals surface area contributed by atoms with Gasteiger partial charge in [0.15, 0.2) is 0 Å². The van der Waals surface area contributed by atoms with E-state index in [4.69, 9.17) is 0 Å². The lowest BCUT2D eigenvalue weighted by Gasteiger charge is -2.18. The summed E-state index contributed by atoms with van der Waals surface area (Å²) in [5.74, 6) is -0.434. The van der Waals surface area contributed by atoms with E-state index in [1.54, 1.807) is 0 Å². The third-order valence-electron chi connectivity index (χ3n) is 3.77. The topological polar surface area (TPSA) is 122 Å². The average molecular weight is 368 g/mol. The Balaban J connectivity index is 1.99. The minimum Gasteiger partial charge on any atom is -0.351 e. The quantitative estimate of drug-likeness (QED) is 0.404. The van der Waals surface area contributed by atoms with E-state index in [1.807, 2.05) is 6.08 Å². The molecule has 0 saturated heterocycles. The molecule has 1 aromatic carbocycles. The van der Waals surface area contributed by atoms with E-state index < -0.39 is 20.9 Å². The molecule has 0 radical (unpaired) electrons. The first kappa shape index (κ1) is 19.0. The standard InChI is InChI=1S/C15H20N4O5S/c1-18(11-15(20)17-10-12-5-7-16-8-6-12)25(23,24)14-4-2-3-13(9-14)19(21)22/h2-5,9,16H,6-8,10-11H2,1H3,(H,17,20). The number of nitro groups is 1. The Labute approximate surface area is 145 Å². The second-order valence-electron chi connectivity index (χ2n) is 5.61. The van der Waals surface area contributed by atoms with Gasteiger partial charge in [0, 0.05) is 32.3 Å². The minimum absolute atomic E-state index is 0.224. The summed E-state index contributed by atoms with van der Waals surface area (Å²) in [6.45, 7) is 1.62. The molecule has 0 atom stereocenters. The second kappa shape index (κ2) is 8.19. The van der Waals surface area contributed by atoms with E-state index in [-0.39, 0.29) is 17.1 Å². The first-order valence-corrected chi connectivity index (χ1v) is 9.11. The second-order valence-corrected chi connectivity index (χ2v) is 7.65. The fraction of sp³-hybridized carbons (Fsp3) is 0.400. The van der Waals surface area contributed by atoms with Crippen LogP contribution in [-0.2, 0) is 14.8 Å². The number of hydrogen-bond acceptors (Lipinski definition) is 6. The summed E-state index contributed by atoms with van der Waals surface area (Å²) in [5.41, 5.74) is 0.771. The predicted octanol–water partition coefficient (Wildman–Crippen LogP) is 0.251. The molecule has 1 aromatic rings. The summed E-state index contributed by atoms with van der Waals surface area (Å²) < 4.78 is 25.8. The number of non-ortho nitro benzene ring substituents is 1. The molecule has 136 valence electrons. The summed E-state index contributed by atoms with van der Waals surface area (Å²) in [5, 5.41) is 16.6. The van der Waals surface area contributed by atoms with Crippen molar-refractivity contribution in [3.05, 3.63) is 46.0 Å². The third kappa shape index (κ3) is 5.08. The molecule has 0 bridgehead atoms. The lowest BCUT2D eigenvalue weighted by molar-refractivity contribution is -0.385. The highest BCUT2D eigenvalue weighted by Crippen LogP contribution is 2.19. The zero-order valence-corrected chi connectivity index (χ0v) is 14.6. The number of carbonyl (C=O) groups is 1. The van der Waals surface area contributed by atoms with Crippen molar-refractivity contribution in [3.63, 3.8) is 0 Å². The van der Waals surface area contributed by atoms with Crippen molar-refractivity contribution in [2.45, 2.75) is 11.3 Å². The Morgan fingerprint density at radius 3 is 2.84 bits per heavy atom. The smallest absolute Gasteiger partial charge is 0.270 e. The molecule has 1 amide bonds. The van der Waals surface area contributed by atoms with Crippen LogP contribution in [0.2, 0.25) is 0 Å². The van der Waals surface area contributed by atoms with Crippen LogP contribution in [0.15, 0.2) is 40.8 Å². The lowest BCUT2D eigenvalue weighted by Crippen LogP contribution is -2.39. The molecule has 2 N–H and O–H groups in total. The van der Waals surface area contributed by atoms with Gasteiger partial charge in [0.2, 0.25) is 15.9 Å². The number of benzene rings is 1. The van der Waals surface area contributed by atoms with Gasteiger partial charge in [-0.3, -0.25) is 14.9 Å². The van der Waals surface area contributed by atoms with Crippen LogP contribution in [0.1, 0.15) is 6.42 Å². The van der Waals surface area contributed by atoms with Gasteiger partial charge in [0.25, 0.3) is 5.69 Å². The van der Waals surface area contributed by atoms with Crippen LogP contribution in [-0.4, -0.2) is 56.8 Å². The molecule has 0 fully saturated rings. The van der Waals surface area contributed by atoms with Crippen molar-refractivity contribution in [3.8, 4) is 0 Å². The monoisotopic (exact) mass is 368 g/mol. The molecule has 0 aromatic heterocycles. The molecule has 25 heavy (non-hydrogen) atoms. The van der Waals surface area contributed by atoms with Crippen LogP contribution < -0.4 is 10.6 Å². The van der Waals surface area contributed by atoms with Gasteiger partial charge in [-0.2, -0.15) is 4.31 Å². The Morgan fingerprint density at radius 2 is 2.20 bits per heavy atom. The number of nitro benzene ring substituents is 1. The Morgan fingerprint density at radius 1 is 1.44 bits per heavy atom. The average Bonchev–Trinajstić information content (AvgIpc) is 2.61. The largest absolute Gasteiger partial charge is 0.351 e. The lowest BCUT2D eigenvalue weighted by atomic mass is 10.1. The van der Waals surface area contributed by atoms with Crippen molar-refractivity contribution in [1.29, 1.82) is 0 Å². The van der Waals surface area contributed by atoms with Gasteiger partial charge in [0.05, 0.1) is 16.4 Å². The summed E-state index contributed by atoms with van der Waals surface area (Å²) in [6, 6.07) is 4.74. The van der Waals surface area contributed by atoms with E-state index in [0.717, 1.165) is 35.5 Å². The van der Waals surface area contributed by atoms with Crippen molar-refractivity contribution in [2.75, 3.05) is 33.2 Å². The first-order chi connectivity index (χ1) is 11.8. The highest BCUT2D eigenvalue weighted by molar-refractivity contribution is 7.89. The maximum absolute atomic E-state index is 12.5.